The van der Waals surface area contributed by atoms with Crippen LogP contribution in [0.4, 0.5) is 0 Å². The Morgan fingerprint density at radius 3 is 2.62 bits per heavy atom. The number of dihydropyridines is 1. The number of benzene rings is 1. The van der Waals surface area contributed by atoms with Crippen molar-refractivity contribution in [2.24, 2.45) is 29.4 Å². The number of aliphatic hydroxyl groups is 5. The fourth-order valence-electron chi connectivity index (χ4n) is 7.95. The number of nitrogens with one attached hydrogen (secondary N) is 3. The molecule has 2 aliphatic carbocycles. The fraction of sp³-hybridized carbons (Fsp3) is 0.571. The molecule has 5 rings (SSSR count). The maximum Gasteiger partial charge on any atom is 0.161 e. The van der Waals surface area contributed by atoms with E-state index >= 15 is 0 Å². The van der Waals surface area contributed by atoms with Crippen LogP contribution in [0.3, 0.4) is 0 Å². The summed E-state index contributed by atoms with van der Waals surface area (Å²) < 4.78 is 6.47. The van der Waals surface area contributed by atoms with E-state index in [2.05, 4.69) is 40.5 Å². The number of hydrogen-bond donors (Lipinski definition) is 10. The summed E-state index contributed by atoms with van der Waals surface area (Å²) in [4.78, 5) is 3.27. The molecule has 0 spiro atoms. The fourth-order valence-corrected chi connectivity index (χ4v) is 7.95. The number of phenols is 1. The quantitative estimate of drug-likeness (QED) is 0.0959. The summed E-state index contributed by atoms with van der Waals surface area (Å²) in [5, 5.41) is 71.7. The van der Waals surface area contributed by atoms with Crippen molar-refractivity contribution in [1.29, 1.82) is 0 Å². The molecule has 11 heteroatoms. The van der Waals surface area contributed by atoms with Gasteiger partial charge in [0.2, 0.25) is 0 Å². The van der Waals surface area contributed by atoms with E-state index in [9.17, 15) is 30.6 Å². The summed E-state index contributed by atoms with van der Waals surface area (Å²) in [5.74, 6) is 6.53. The van der Waals surface area contributed by atoms with Gasteiger partial charge in [-0.3, -0.25) is 0 Å². The first-order valence-corrected chi connectivity index (χ1v) is 19.3. The average molecular weight is 733 g/mol. The molecule has 53 heavy (non-hydrogen) atoms. The third-order valence-corrected chi connectivity index (χ3v) is 11.0. The largest absolute Gasteiger partial charge is 0.504 e. The average Bonchev–Trinajstić information content (AvgIpc) is 3.59. The van der Waals surface area contributed by atoms with E-state index in [0.29, 0.717) is 51.0 Å². The summed E-state index contributed by atoms with van der Waals surface area (Å²) in [6.07, 6.45) is 10.4. The van der Waals surface area contributed by atoms with E-state index in [-0.39, 0.29) is 54.2 Å². The minimum atomic E-state index is -1.02. The number of fused-ring (bicyclic) bond motifs is 1. The highest BCUT2D eigenvalue weighted by Crippen LogP contribution is 2.40. The second-order valence-corrected chi connectivity index (χ2v) is 15.1. The van der Waals surface area contributed by atoms with Crippen molar-refractivity contribution >= 4 is 0 Å². The van der Waals surface area contributed by atoms with Crippen LogP contribution in [-0.4, -0.2) is 91.9 Å². The minimum Gasteiger partial charge on any atom is -0.504 e. The van der Waals surface area contributed by atoms with Gasteiger partial charge >= 0.3 is 0 Å². The highest BCUT2D eigenvalue weighted by Gasteiger charge is 2.37. The second kappa shape index (κ2) is 19.5. The number of aromatic amines is 1. The van der Waals surface area contributed by atoms with Crippen LogP contribution in [0.5, 0.6) is 11.5 Å². The standard InChI is InChI=1S/C42H60N4O7/c1-3-27-6-7-28-8-9-29(21-38(52)42(28)37(51)13-11-34(19-27)46-25-26(2)48)30-10-12-35(49)39(22-30)53-40(36(50)15-18-47)23-32(20-33-5-4-16-44-33)31-14-17-45-41(43)24-31/h4-5,8-10,12,14,16,22,24,26-29,32,34,36-38,40,42,44-52H,3,11,13,15,17-21,23,25,43H2,1-2H3/t26-,27-,28-,29-,32-,34-,36+,37-,38+,40+,42+/m0/s1. The van der Waals surface area contributed by atoms with E-state index in [1.54, 1.807) is 19.1 Å². The number of hydrogen-bond acceptors (Lipinski definition) is 10. The number of aliphatic hydroxyl groups excluding tert-OH is 5. The zero-order chi connectivity index (χ0) is 37.9. The van der Waals surface area contributed by atoms with Crippen LogP contribution in [0, 0.1) is 35.5 Å². The first-order chi connectivity index (χ1) is 25.5. The van der Waals surface area contributed by atoms with Crippen molar-refractivity contribution in [1.82, 2.24) is 15.6 Å². The van der Waals surface area contributed by atoms with Crippen LogP contribution in [0.2, 0.25) is 0 Å². The molecule has 2 aromatic rings. The first kappa shape index (κ1) is 40.4. The lowest BCUT2D eigenvalue weighted by Crippen LogP contribution is -2.40. The van der Waals surface area contributed by atoms with Crippen LogP contribution >= 0.6 is 0 Å². The molecular weight excluding hydrogens is 672 g/mol. The molecule has 1 aromatic heterocycles. The van der Waals surface area contributed by atoms with Crippen LogP contribution in [0.1, 0.15) is 76.0 Å². The lowest BCUT2D eigenvalue weighted by molar-refractivity contribution is -0.00827. The van der Waals surface area contributed by atoms with E-state index in [1.807, 2.05) is 42.6 Å². The van der Waals surface area contributed by atoms with Crippen LogP contribution < -0.4 is 21.1 Å². The normalized spacial score (nSPS) is 28.4. The molecular formula is C42H60N4O7. The monoisotopic (exact) mass is 732 g/mol. The Hall–Kier alpha value is -3.76. The van der Waals surface area contributed by atoms with Crippen molar-refractivity contribution in [3.63, 3.8) is 0 Å². The number of allylic oxidation sites excluding steroid dienone is 4. The summed E-state index contributed by atoms with van der Waals surface area (Å²) in [5.41, 5.74) is 8.98. The molecule has 2 heterocycles. The Bertz CT molecular complexity index is 1600. The summed E-state index contributed by atoms with van der Waals surface area (Å²) in [7, 11) is 0. The molecule has 0 saturated carbocycles. The molecule has 0 bridgehead atoms. The number of nitrogens with two attached hydrogens (primary N) is 1. The zero-order valence-electron chi connectivity index (χ0n) is 31.1. The van der Waals surface area contributed by atoms with Crippen molar-refractivity contribution in [2.45, 2.75) is 108 Å². The first-order valence-electron chi connectivity index (χ1n) is 19.3. The van der Waals surface area contributed by atoms with Gasteiger partial charge in [-0.05, 0) is 99.3 Å². The SMILES string of the molecule is CC[C@H]1C#C[C@H]2C=C[C@H](c3ccc(O)c(O[C@H](C[C@H](Cc4ccc[nH]4)C4=CCNC(N)=C4)[C@H](O)CCO)c3)C[C@@H](O)[C@H]2[C@@H](O)CC[C@H](NC[C@H](C)O)C1. The van der Waals surface area contributed by atoms with Crippen molar-refractivity contribution in [3.8, 4) is 23.3 Å². The Morgan fingerprint density at radius 1 is 1.08 bits per heavy atom. The predicted molar refractivity (Wildman–Crippen MR) is 206 cm³/mol. The highest BCUT2D eigenvalue weighted by molar-refractivity contribution is 5.44. The van der Waals surface area contributed by atoms with Crippen molar-refractivity contribution in [2.75, 3.05) is 19.7 Å². The third kappa shape index (κ3) is 11.4. The molecule has 11 N–H and O–H groups in total. The number of H-pyrrole nitrogens is 1. The molecule has 0 fully saturated rings. The maximum absolute atomic E-state index is 11.7. The number of rotatable bonds is 15. The van der Waals surface area contributed by atoms with E-state index in [0.717, 1.165) is 29.7 Å². The van der Waals surface area contributed by atoms with E-state index in [4.69, 9.17) is 10.5 Å². The Morgan fingerprint density at radius 2 is 1.91 bits per heavy atom. The number of phenolic OH excluding ortho intramolecular Hbond substituents is 1. The Kier molecular flexibility index (Phi) is 14.9. The zero-order valence-corrected chi connectivity index (χ0v) is 31.1. The number of aromatic hydroxyl groups is 1. The molecule has 0 unspecified atom stereocenters. The van der Waals surface area contributed by atoms with Gasteiger partial charge < -0.3 is 56.7 Å². The summed E-state index contributed by atoms with van der Waals surface area (Å²) in [6, 6.07) is 9.18. The smallest absolute Gasteiger partial charge is 0.161 e. The number of aromatic nitrogens is 1. The minimum absolute atomic E-state index is 0.0842. The summed E-state index contributed by atoms with van der Waals surface area (Å²) >= 11 is 0. The molecule has 0 radical (unpaired) electrons. The topological polar surface area (TPSA) is 196 Å². The Labute approximate surface area is 314 Å². The van der Waals surface area contributed by atoms with Gasteiger partial charge in [-0.15, -0.1) is 0 Å². The molecule has 1 aliphatic heterocycles. The van der Waals surface area contributed by atoms with E-state index in [1.165, 1.54) is 0 Å². The van der Waals surface area contributed by atoms with Crippen molar-refractivity contribution < 1.29 is 35.4 Å². The molecule has 290 valence electrons. The van der Waals surface area contributed by atoms with E-state index < -0.39 is 36.4 Å². The van der Waals surface area contributed by atoms with Crippen LogP contribution in [-0.2, 0) is 6.42 Å². The molecule has 11 nitrogen and oxygen atoms in total. The molecule has 1 aromatic carbocycles. The maximum atomic E-state index is 11.7. The van der Waals surface area contributed by atoms with Gasteiger partial charge in [0.05, 0.1) is 30.2 Å². The van der Waals surface area contributed by atoms with Gasteiger partial charge in [0.15, 0.2) is 11.5 Å². The second-order valence-electron chi connectivity index (χ2n) is 15.1. The number of ether oxygens (including phenoxy) is 1. The lowest BCUT2D eigenvalue weighted by atomic mass is 9.78. The highest BCUT2D eigenvalue weighted by atomic mass is 16.5. The van der Waals surface area contributed by atoms with Gasteiger partial charge in [-0.1, -0.05) is 43.1 Å². The van der Waals surface area contributed by atoms with Crippen LogP contribution in [0.25, 0.3) is 0 Å². The van der Waals surface area contributed by atoms with Gasteiger partial charge in [-0.25, -0.2) is 0 Å². The predicted octanol–water partition coefficient (Wildman–Crippen LogP) is 3.34. The van der Waals surface area contributed by atoms with Crippen molar-refractivity contribution in [3.05, 3.63) is 83.5 Å². The van der Waals surface area contributed by atoms with Gasteiger partial charge in [0, 0.05) is 67.7 Å². The lowest BCUT2D eigenvalue weighted by Gasteiger charge is -2.32. The van der Waals surface area contributed by atoms with Gasteiger partial charge in [0.1, 0.15) is 6.10 Å². The molecule has 11 atom stereocenters. The summed E-state index contributed by atoms with van der Waals surface area (Å²) in [6.45, 7) is 4.70. The van der Waals surface area contributed by atoms with Gasteiger partial charge in [-0.2, -0.15) is 0 Å². The van der Waals surface area contributed by atoms with Crippen LogP contribution in [0.15, 0.2) is 72.2 Å². The molecule has 0 amide bonds. The van der Waals surface area contributed by atoms with Gasteiger partial charge in [0.25, 0.3) is 0 Å². The Balaban J connectivity index is 1.38. The molecule has 0 saturated heterocycles. The molecule has 3 aliphatic rings. The third-order valence-electron chi connectivity index (χ3n) is 11.0.